The van der Waals surface area contributed by atoms with Crippen LogP contribution >= 0.6 is 11.6 Å². The number of likely N-dealkylation sites (tertiary alicyclic amines) is 1. The van der Waals surface area contributed by atoms with Crippen LogP contribution in [0.2, 0.25) is 5.02 Å². The van der Waals surface area contributed by atoms with Crippen LogP contribution in [-0.4, -0.2) is 30.6 Å². The quantitative estimate of drug-likeness (QED) is 0.907. The van der Waals surface area contributed by atoms with E-state index in [9.17, 15) is 0 Å². The number of nitrogens with zero attached hydrogens (tertiary/aromatic N) is 2. The zero-order valence-corrected chi connectivity index (χ0v) is 11.4. The van der Waals surface area contributed by atoms with Crippen molar-refractivity contribution in [2.24, 2.45) is 0 Å². The summed E-state index contributed by atoms with van der Waals surface area (Å²) in [5, 5.41) is 13.0. The van der Waals surface area contributed by atoms with Gasteiger partial charge in [-0.25, -0.2) is 0 Å². The number of halogens is 1. The second kappa shape index (κ2) is 6.08. The molecule has 1 atom stereocenters. The SMILES string of the molecule is CCN1CCCC1CNc1cccc(Cl)c1C#N. The summed E-state index contributed by atoms with van der Waals surface area (Å²) in [5.41, 5.74) is 1.38. The molecule has 1 aliphatic rings. The van der Waals surface area contributed by atoms with E-state index in [4.69, 9.17) is 16.9 Å². The van der Waals surface area contributed by atoms with Crippen molar-refractivity contribution in [2.45, 2.75) is 25.8 Å². The molecule has 0 aromatic heterocycles. The summed E-state index contributed by atoms with van der Waals surface area (Å²) < 4.78 is 0. The monoisotopic (exact) mass is 263 g/mol. The van der Waals surface area contributed by atoms with Gasteiger partial charge in [-0.3, -0.25) is 4.90 Å². The molecule has 0 saturated carbocycles. The second-order valence-corrected chi connectivity index (χ2v) is 4.99. The molecule has 0 aliphatic carbocycles. The Labute approximate surface area is 113 Å². The molecule has 0 spiro atoms. The Morgan fingerprint density at radius 3 is 3.11 bits per heavy atom. The summed E-state index contributed by atoms with van der Waals surface area (Å²) in [6, 6.07) is 8.26. The number of hydrogen-bond acceptors (Lipinski definition) is 3. The molecular weight excluding hydrogens is 246 g/mol. The van der Waals surface area contributed by atoms with Gasteiger partial charge in [0.2, 0.25) is 0 Å². The van der Waals surface area contributed by atoms with E-state index in [2.05, 4.69) is 23.2 Å². The van der Waals surface area contributed by atoms with E-state index in [1.165, 1.54) is 19.4 Å². The van der Waals surface area contributed by atoms with Crippen molar-refractivity contribution in [3.05, 3.63) is 28.8 Å². The van der Waals surface area contributed by atoms with Crippen LogP contribution in [0, 0.1) is 11.3 Å². The van der Waals surface area contributed by atoms with E-state index < -0.39 is 0 Å². The maximum atomic E-state index is 9.10. The van der Waals surface area contributed by atoms with Crippen LogP contribution in [0.3, 0.4) is 0 Å². The number of hydrogen-bond donors (Lipinski definition) is 1. The zero-order valence-electron chi connectivity index (χ0n) is 10.6. The second-order valence-electron chi connectivity index (χ2n) is 4.58. The van der Waals surface area contributed by atoms with Gasteiger partial charge in [-0.2, -0.15) is 5.26 Å². The van der Waals surface area contributed by atoms with E-state index in [1.54, 1.807) is 6.07 Å². The van der Waals surface area contributed by atoms with Crippen LogP contribution in [0.4, 0.5) is 5.69 Å². The van der Waals surface area contributed by atoms with Gasteiger partial charge < -0.3 is 5.32 Å². The van der Waals surface area contributed by atoms with Crippen molar-refractivity contribution in [2.75, 3.05) is 25.0 Å². The van der Waals surface area contributed by atoms with Crippen LogP contribution in [0.5, 0.6) is 0 Å². The highest BCUT2D eigenvalue weighted by molar-refractivity contribution is 6.32. The largest absolute Gasteiger partial charge is 0.382 e. The molecule has 1 saturated heterocycles. The van der Waals surface area contributed by atoms with Crippen LogP contribution in [0.1, 0.15) is 25.3 Å². The highest BCUT2D eigenvalue weighted by Gasteiger charge is 2.22. The van der Waals surface area contributed by atoms with Crippen molar-refractivity contribution in [1.82, 2.24) is 4.90 Å². The summed E-state index contributed by atoms with van der Waals surface area (Å²) in [6.45, 7) is 5.35. The first kappa shape index (κ1) is 13.2. The van der Waals surface area contributed by atoms with E-state index >= 15 is 0 Å². The summed E-state index contributed by atoms with van der Waals surface area (Å²) in [4.78, 5) is 2.48. The minimum Gasteiger partial charge on any atom is -0.382 e. The van der Waals surface area contributed by atoms with E-state index in [0.29, 0.717) is 16.6 Å². The summed E-state index contributed by atoms with van der Waals surface area (Å²) in [5.74, 6) is 0. The van der Waals surface area contributed by atoms with Gasteiger partial charge in [-0.05, 0) is 38.1 Å². The number of benzene rings is 1. The Morgan fingerprint density at radius 2 is 2.39 bits per heavy atom. The predicted molar refractivity (Wildman–Crippen MR) is 74.9 cm³/mol. The smallest absolute Gasteiger partial charge is 0.103 e. The van der Waals surface area contributed by atoms with Crippen LogP contribution in [-0.2, 0) is 0 Å². The summed E-state index contributed by atoms with van der Waals surface area (Å²) >= 11 is 6.01. The topological polar surface area (TPSA) is 39.1 Å². The van der Waals surface area contributed by atoms with Gasteiger partial charge in [0.15, 0.2) is 0 Å². The Morgan fingerprint density at radius 1 is 1.56 bits per heavy atom. The summed E-state index contributed by atoms with van der Waals surface area (Å²) in [6.07, 6.45) is 2.49. The third-order valence-corrected chi connectivity index (χ3v) is 3.87. The minimum atomic E-state index is 0.515. The Bertz CT molecular complexity index is 453. The first-order valence-electron chi connectivity index (χ1n) is 6.42. The Kier molecular flexibility index (Phi) is 4.46. The lowest BCUT2D eigenvalue weighted by Gasteiger charge is -2.23. The lowest BCUT2D eigenvalue weighted by atomic mass is 10.1. The maximum absolute atomic E-state index is 9.10. The van der Waals surface area contributed by atoms with Crippen molar-refractivity contribution in [3.63, 3.8) is 0 Å². The van der Waals surface area contributed by atoms with Crippen molar-refractivity contribution in [3.8, 4) is 6.07 Å². The molecular formula is C14H18ClN3. The molecule has 1 fully saturated rings. The van der Waals surface area contributed by atoms with Gasteiger partial charge in [0.1, 0.15) is 6.07 Å². The predicted octanol–water partition coefficient (Wildman–Crippen LogP) is 3.11. The molecule has 1 unspecified atom stereocenters. The first-order valence-corrected chi connectivity index (χ1v) is 6.80. The molecule has 1 heterocycles. The molecule has 1 aromatic rings. The molecule has 0 bridgehead atoms. The van der Waals surface area contributed by atoms with Crippen molar-refractivity contribution < 1.29 is 0 Å². The molecule has 1 aromatic carbocycles. The molecule has 4 heteroatoms. The van der Waals surface area contributed by atoms with Crippen LogP contribution in [0.25, 0.3) is 0 Å². The first-order chi connectivity index (χ1) is 8.76. The lowest BCUT2D eigenvalue weighted by molar-refractivity contribution is 0.277. The maximum Gasteiger partial charge on any atom is 0.103 e. The molecule has 96 valence electrons. The molecule has 0 radical (unpaired) electrons. The fourth-order valence-electron chi connectivity index (χ4n) is 2.56. The average Bonchev–Trinajstić information content (AvgIpc) is 2.83. The number of likely N-dealkylation sites (N-methyl/N-ethyl adjacent to an activating group) is 1. The van der Waals surface area contributed by atoms with Crippen LogP contribution < -0.4 is 5.32 Å². The highest BCUT2D eigenvalue weighted by Crippen LogP contribution is 2.24. The van der Waals surface area contributed by atoms with E-state index in [1.807, 2.05) is 12.1 Å². The van der Waals surface area contributed by atoms with Gasteiger partial charge in [0.05, 0.1) is 16.3 Å². The van der Waals surface area contributed by atoms with Gasteiger partial charge in [-0.15, -0.1) is 0 Å². The summed E-state index contributed by atoms with van der Waals surface area (Å²) in [7, 11) is 0. The minimum absolute atomic E-state index is 0.515. The molecule has 18 heavy (non-hydrogen) atoms. The van der Waals surface area contributed by atoms with Gasteiger partial charge in [0.25, 0.3) is 0 Å². The number of nitriles is 1. The van der Waals surface area contributed by atoms with Crippen molar-refractivity contribution >= 4 is 17.3 Å². The lowest BCUT2D eigenvalue weighted by Crippen LogP contribution is -2.34. The van der Waals surface area contributed by atoms with Crippen molar-refractivity contribution in [1.29, 1.82) is 5.26 Å². The number of anilines is 1. The molecule has 0 amide bonds. The van der Waals surface area contributed by atoms with Crippen LogP contribution in [0.15, 0.2) is 18.2 Å². The number of rotatable bonds is 4. The average molecular weight is 264 g/mol. The molecule has 1 N–H and O–H groups in total. The van der Waals surface area contributed by atoms with E-state index in [-0.39, 0.29) is 0 Å². The fourth-order valence-corrected chi connectivity index (χ4v) is 2.77. The highest BCUT2D eigenvalue weighted by atomic mass is 35.5. The molecule has 1 aliphatic heterocycles. The third kappa shape index (κ3) is 2.77. The Balaban J connectivity index is 2.02. The third-order valence-electron chi connectivity index (χ3n) is 3.56. The Hall–Kier alpha value is -1.24. The fraction of sp³-hybridized carbons (Fsp3) is 0.500. The van der Waals surface area contributed by atoms with Gasteiger partial charge in [-0.1, -0.05) is 24.6 Å². The normalized spacial score (nSPS) is 19.7. The van der Waals surface area contributed by atoms with Gasteiger partial charge >= 0.3 is 0 Å². The number of nitrogens with one attached hydrogen (secondary N) is 1. The van der Waals surface area contributed by atoms with E-state index in [0.717, 1.165) is 18.8 Å². The zero-order chi connectivity index (χ0) is 13.0. The van der Waals surface area contributed by atoms with Gasteiger partial charge in [0, 0.05) is 12.6 Å². The molecule has 2 rings (SSSR count). The molecule has 3 nitrogen and oxygen atoms in total. The standard InChI is InChI=1S/C14H18ClN3/c1-2-18-8-4-5-11(18)10-17-14-7-3-6-13(15)12(14)9-16/h3,6-7,11,17H,2,4-5,8,10H2,1H3.